The molecule has 0 aliphatic carbocycles. The fourth-order valence-electron chi connectivity index (χ4n) is 4.32. The third kappa shape index (κ3) is 5.53. The topological polar surface area (TPSA) is 209 Å². The Morgan fingerprint density at radius 1 is 1.21 bits per heavy atom. The molecule has 1 aromatic heterocycles. The third-order valence-electron chi connectivity index (χ3n) is 6.14. The Balaban J connectivity index is 1.48. The Morgan fingerprint density at radius 2 is 1.92 bits per heavy atom. The number of nitrogens with zero attached hydrogens (tertiary/aromatic N) is 3. The van der Waals surface area contributed by atoms with Gasteiger partial charge in [-0.15, -0.1) is 23.1 Å². The van der Waals surface area contributed by atoms with Crippen molar-refractivity contribution in [3.63, 3.8) is 0 Å². The van der Waals surface area contributed by atoms with Gasteiger partial charge in [-0.3, -0.25) is 24.2 Å². The Morgan fingerprint density at radius 3 is 2.54 bits per heavy atom. The first-order valence-electron chi connectivity index (χ1n) is 11.6. The number of carbonyl (C=O) groups is 7. The van der Waals surface area contributed by atoms with E-state index in [1.165, 1.54) is 6.92 Å². The predicted octanol–water partition coefficient (Wildman–Crippen LogP) is 0.00690. The van der Waals surface area contributed by atoms with Crippen molar-refractivity contribution in [2.45, 2.75) is 30.8 Å². The van der Waals surface area contributed by atoms with Crippen LogP contribution in [0, 0.1) is 0 Å². The molecule has 39 heavy (non-hydrogen) atoms. The van der Waals surface area contributed by atoms with Gasteiger partial charge >= 0.3 is 24.1 Å². The highest BCUT2D eigenvalue weighted by molar-refractivity contribution is 8.00. The summed E-state index contributed by atoms with van der Waals surface area (Å²) < 4.78 is 4.69. The maximum atomic E-state index is 13.3. The van der Waals surface area contributed by atoms with E-state index in [0.717, 1.165) is 37.8 Å². The molecule has 208 valence electrons. The summed E-state index contributed by atoms with van der Waals surface area (Å²) in [5, 5.41) is 15.7. The summed E-state index contributed by atoms with van der Waals surface area (Å²) in [4.78, 5) is 89.6. The first-order chi connectivity index (χ1) is 18.5. The normalized spacial score (nSPS) is 21.5. The number of hydrogen-bond donors (Lipinski definition) is 4. The third-order valence-corrected chi connectivity index (χ3v) is 8.42. The van der Waals surface area contributed by atoms with Gasteiger partial charge in [-0.25, -0.2) is 24.1 Å². The highest BCUT2D eigenvalue weighted by Crippen LogP contribution is 2.40. The molecule has 3 aliphatic rings. The van der Waals surface area contributed by atoms with E-state index in [2.05, 4.69) is 10.6 Å². The van der Waals surface area contributed by atoms with Gasteiger partial charge < -0.3 is 26.2 Å². The molecule has 1 aromatic rings. The zero-order valence-corrected chi connectivity index (χ0v) is 22.1. The molecule has 2 saturated heterocycles. The minimum absolute atomic E-state index is 0.0497. The van der Waals surface area contributed by atoms with Gasteiger partial charge in [-0.05, 0) is 17.9 Å². The van der Waals surface area contributed by atoms with Gasteiger partial charge in [0.25, 0.3) is 5.91 Å². The number of aliphatic carboxylic acids is 1. The van der Waals surface area contributed by atoms with E-state index in [1.54, 1.807) is 17.5 Å². The lowest BCUT2D eigenvalue weighted by Gasteiger charge is -2.49. The molecule has 2 fully saturated rings. The number of rotatable bonds is 7. The summed E-state index contributed by atoms with van der Waals surface area (Å²) in [6, 6.07) is -0.812. The molecule has 15 nitrogen and oxygen atoms in total. The van der Waals surface area contributed by atoms with Crippen molar-refractivity contribution in [3.8, 4) is 0 Å². The number of nitrogens with one attached hydrogen (secondary N) is 2. The van der Waals surface area contributed by atoms with Crippen LogP contribution in [0.1, 0.15) is 24.3 Å². The van der Waals surface area contributed by atoms with E-state index in [0.29, 0.717) is 11.3 Å². The quantitative estimate of drug-likeness (QED) is 0.317. The average molecular weight is 581 g/mol. The van der Waals surface area contributed by atoms with E-state index < -0.39 is 65.9 Å². The van der Waals surface area contributed by atoms with Crippen molar-refractivity contribution in [1.29, 1.82) is 0 Å². The van der Waals surface area contributed by atoms with Crippen molar-refractivity contribution in [2.75, 3.05) is 25.4 Å². The minimum Gasteiger partial charge on any atom is -0.477 e. The second kappa shape index (κ2) is 11.3. The molecular weight excluding hydrogens is 556 g/mol. The number of urea groups is 2. The van der Waals surface area contributed by atoms with Crippen molar-refractivity contribution < 1.29 is 43.4 Å². The number of primary amides is 1. The number of fused-ring (bicyclic) bond motifs is 1. The summed E-state index contributed by atoms with van der Waals surface area (Å²) in [6.07, 6.45) is -0.729. The van der Waals surface area contributed by atoms with Crippen LogP contribution in [0.2, 0.25) is 0 Å². The Kier molecular flexibility index (Phi) is 8.10. The number of thiophene rings is 1. The molecule has 4 heterocycles. The summed E-state index contributed by atoms with van der Waals surface area (Å²) in [7, 11) is 0. The summed E-state index contributed by atoms with van der Waals surface area (Å²) >= 11 is 2.32. The number of ether oxygens (including phenoxy) is 1. The standard InChI is InChI=1S/C22H24N6O9S2/c1-10(29)26-5-3-6-27(22(26)36)21(35)25-13(12-4-2-7-38-12)16(30)24-14-17(31)28-15(19(32)33)11(8-37-20(23)34)9-39-18(14)28/h2,4,7,13-14,18H,3,5-6,8-9H2,1H3,(H2,23,34)(H,24,30)(H,25,35)(H,32,33)/t13?,14?,18-/m0/s1. The molecule has 0 bridgehead atoms. The molecular formula is C22H24N6O9S2. The van der Waals surface area contributed by atoms with Gasteiger partial charge in [-0.2, -0.15) is 0 Å². The minimum atomic E-state index is -1.41. The molecule has 5 N–H and O–H groups in total. The van der Waals surface area contributed by atoms with E-state index in [9.17, 15) is 38.7 Å². The largest absolute Gasteiger partial charge is 0.477 e. The number of nitrogens with two attached hydrogens (primary N) is 1. The molecule has 8 amide bonds. The van der Waals surface area contributed by atoms with Crippen LogP contribution in [-0.2, 0) is 23.9 Å². The van der Waals surface area contributed by atoms with E-state index in [4.69, 9.17) is 10.5 Å². The van der Waals surface area contributed by atoms with Crippen LogP contribution in [0.15, 0.2) is 28.8 Å². The average Bonchev–Trinajstić information content (AvgIpc) is 3.42. The number of imide groups is 2. The molecule has 3 atom stereocenters. The Hall–Kier alpha value is -4.12. The summed E-state index contributed by atoms with van der Waals surface area (Å²) in [6.45, 7) is 1.03. The van der Waals surface area contributed by atoms with Crippen LogP contribution in [0.5, 0.6) is 0 Å². The first kappa shape index (κ1) is 27.9. The summed E-state index contributed by atoms with van der Waals surface area (Å²) in [5.41, 5.74) is 4.78. The van der Waals surface area contributed by atoms with Crippen LogP contribution in [0.25, 0.3) is 0 Å². The van der Waals surface area contributed by atoms with Gasteiger partial charge in [0.15, 0.2) is 0 Å². The first-order valence-corrected chi connectivity index (χ1v) is 13.5. The molecule has 0 saturated carbocycles. The zero-order chi connectivity index (χ0) is 28.4. The Labute approximate surface area is 229 Å². The van der Waals surface area contributed by atoms with Gasteiger partial charge in [-0.1, -0.05) is 6.07 Å². The van der Waals surface area contributed by atoms with Gasteiger partial charge in [0.2, 0.25) is 11.8 Å². The second-order valence-corrected chi connectivity index (χ2v) is 10.7. The van der Waals surface area contributed by atoms with Crippen LogP contribution in [0.3, 0.4) is 0 Å². The SMILES string of the molecule is CC(=O)N1CCCN(C(=O)NC(C(=O)NC2C(=O)N3C(C(=O)O)=C(COC(N)=O)CS[C@@H]23)c2cccs2)C1=O. The molecule has 17 heteroatoms. The van der Waals surface area contributed by atoms with Gasteiger partial charge in [0.1, 0.15) is 29.8 Å². The monoisotopic (exact) mass is 580 g/mol. The van der Waals surface area contributed by atoms with Crippen LogP contribution in [-0.4, -0.2) is 98.5 Å². The molecule has 2 unspecified atom stereocenters. The van der Waals surface area contributed by atoms with Crippen molar-refractivity contribution in [2.24, 2.45) is 5.73 Å². The molecule has 0 radical (unpaired) electrons. The number of hydrogen-bond acceptors (Lipinski definition) is 10. The molecule has 3 aliphatic heterocycles. The van der Waals surface area contributed by atoms with Crippen LogP contribution >= 0.6 is 23.1 Å². The fraction of sp³-hybridized carbons (Fsp3) is 0.409. The highest BCUT2D eigenvalue weighted by Gasteiger charge is 2.54. The lowest BCUT2D eigenvalue weighted by molar-refractivity contribution is -0.151. The number of β-lactam (4-membered cyclic amide) rings is 1. The number of thioether (sulfide) groups is 1. The molecule has 0 aromatic carbocycles. The number of amides is 8. The van der Waals surface area contributed by atoms with E-state index >= 15 is 0 Å². The van der Waals surface area contributed by atoms with Gasteiger partial charge in [0, 0.05) is 36.2 Å². The zero-order valence-electron chi connectivity index (χ0n) is 20.4. The predicted molar refractivity (Wildman–Crippen MR) is 135 cm³/mol. The highest BCUT2D eigenvalue weighted by atomic mass is 32.2. The number of carboxylic acid groups (broad SMARTS) is 1. The molecule has 0 spiro atoms. The van der Waals surface area contributed by atoms with E-state index in [-0.39, 0.29) is 30.1 Å². The van der Waals surface area contributed by atoms with Crippen molar-refractivity contribution >= 4 is 64.9 Å². The maximum Gasteiger partial charge on any atom is 0.404 e. The lowest BCUT2D eigenvalue weighted by Crippen LogP contribution is -2.71. The Bertz CT molecular complexity index is 1270. The maximum absolute atomic E-state index is 13.3. The van der Waals surface area contributed by atoms with E-state index in [1.807, 2.05) is 0 Å². The number of carbonyl (C=O) groups excluding carboxylic acids is 6. The van der Waals surface area contributed by atoms with Crippen LogP contribution in [0.4, 0.5) is 14.4 Å². The van der Waals surface area contributed by atoms with Crippen molar-refractivity contribution in [1.82, 2.24) is 25.3 Å². The number of carboxylic acids is 1. The second-order valence-electron chi connectivity index (χ2n) is 8.62. The van der Waals surface area contributed by atoms with Gasteiger partial charge in [0.05, 0.1) is 0 Å². The fourth-order valence-corrected chi connectivity index (χ4v) is 6.42. The van der Waals surface area contributed by atoms with Crippen molar-refractivity contribution in [3.05, 3.63) is 33.7 Å². The molecule has 4 rings (SSSR count). The summed E-state index contributed by atoms with van der Waals surface area (Å²) in [5.74, 6) is -3.27. The smallest absolute Gasteiger partial charge is 0.404 e. The lowest BCUT2D eigenvalue weighted by atomic mass is 10.0. The van der Waals surface area contributed by atoms with Crippen LogP contribution < -0.4 is 16.4 Å².